The Balaban J connectivity index is 2.20. The van der Waals surface area contributed by atoms with E-state index in [9.17, 15) is 9.90 Å². The van der Waals surface area contributed by atoms with Gasteiger partial charge in [0.1, 0.15) is 17.4 Å². The number of para-hydroxylation sites is 1. The number of rotatable bonds is 2. The van der Waals surface area contributed by atoms with Crippen molar-refractivity contribution in [3.05, 3.63) is 29.8 Å². The smallest absolute Gasteiger partial charge is 0.342 e. The van der Waals surface area contributed by atoms with Crippen molar-refractivity contribution in [1.29, 1.82) is 0 Å². The lowest BCUT2D eigenvalue weighted by Gasteiger charge is -2.40. The minimum Gasteiger partial charge on any atom is -0.507 e. The minimum absolute atomic E-state index is 0.0272. The van der Waals surface area contributed by atoms with Crippen molar-refractivity contribution >= 4 is 5.97 Å². The Bertz CT molecular complexity index is 517. The summed E-state index contributed by atoms with van der Waals surface area (Å²) < 4.78 is 5.70. The number of ether oxygens (including phenoxy) is 1. The second-order valence-electron chi connectivity index (χ2n) is 6.99. The average molecular weight is 276 g/mol. The van der Waals surface area contributed by atoms with Crippen LogP contribution in [0.4, 0.5) is 0 Å². The van der Waals surface area contributed by atoms with Crippen molar-refractivity contribution in [3.63, 3.8) is 0 Å². The summed E-state index contributed by atoms with van der Waals surface area (Å²) in [6.45, 7) is 11.0. The molecule has 1 saturated carbocycles. The Morgan fingerprint density at radius 2 is 1.80 bits per heavy atom. The molecule has 1 aliphatic rings. The van der Waals surface area contributed by atoms with Crippen molar-refractivity contribution in [3.8, 4) is 5.75 Å². The maximum atomic E-state index is 12.2. The molecule has 0 bridgehead atoms. The van der Waals surface area contributed by atoms with Gasteiger partial charge in [0.25, 0.3) is 0 Å². The fourth-order valence-corrected chi connectivity index (χ4v) is 2.99. The summed E-state index contributed by atoms with van der Waals surface area (Å²) in [5.74, 6) is 0.0198. The lowest BCUT2D eigenvalue weighted by atomic mass is 9.67. The van der Waals surface area contributed by atoms with Crippen molar-refractivity contribution in [2.24, 2.45) is 16.7 Å². The summed E-state index contributed by atoms with van der Waals surface area (Å²) >= 11 is 0. The van der Waals surface area contributed by atoms with Crippen LogP contribution in [0.25, 0.3) is 0 Å². The number of carbonyl (C=O) groups excluding carboxylic acids is 1. The van der Waals surface area contributed by atoms with Crippen molar-refractivity contribution in [1.82, 2.24) is 0 Å². The van der Waals surface area contributed by atoms with Gasteiger partial charge in [-0.25, -0.2) is 4.79 Å². The number of hydrogen-bond donors (Lipinski definition) is 1. The third kappa shape index (κ3) is 2.19. The van der Waals surface area contributed by atoms with E-state index in [1.165, 1.54) is 6.07 Å². The zero-order valence-electron chi connectivity index (χ0n) is 12.9. The predicted octanol–water partition coefficient (Wildman–Crippen LogP) is 4.01. The summed E-state index contributed by atoms with van der Waals surface area (Å²) in [6, 6.07) is 6.51. The molecule has 3 nitrogen and oxygen atoms in total. The van der Waals surface area contributed by atoms with E-state index in [1.807, 2.05) is 0 Å². The van der Waals surface area contributed by atoms with Gasteiger partial charge in [-0.1, -0.05) is 46.8 Å². The zero-order chi connectivity index (χ0) is 15.1. The van der Waals surface area contributed by atoms with Gasteiger partial charge in [-0.2, -0.15) is 0 Å². The van der Waals surface area contributed by atoms with Crippen molar-refractivity contribution in [2.45, 2.75) is 47.1 Å². The normalized spacial score (nSPS) is 27.2. The molecule has 0 heterocycles. The molecule has 2 atom stereocenters. The van der Waals surface area contributed by atoms with Gasteiger partial charge < -0.3 is 9.84 Å². The first kappa shape index (κ1) is 14.9. The summed E-state index contributed by atoms with van der Waals surface area (Å²) in [4.78, 5) is 12.2. The molecule has 1 fully saturated rings. The fraction of sp³-hybridized carbons (Fsp3) is 0.588. The number of phenols is 1. The maximum absolute atomic E-state index is 12.2. The van der Waals surface area contributed by atoms with Crippen molar-refractivity contribution < 1.29 is 14.6 Å². The molecule has 3 heteroatoms. The number of esters is 1. The molecule has 1 aromatic rings. The van der Waals surface area contributed by atoms with E-state index >= 15 is 0 Å². The molecular formula is C17H24O3. The maximum Gasteiger partial charge on any atom is 0.342 e. The molecule has 110 valence electrons. The Hall–Kier alpha value is -1.51. The lowest BCUT2D eigenvalue weighted by Crippen LogP contribution is -2.38. The quantitative estimate of drug-likeness (QED) is 0.830. The highest BCUT2D eigenvalue weighted by atomic mass is 16.5. The second kappa shape index (κ2) is 4.80. The molecule has 0 saturated heterocycles. The Morgan fingerprint density at radius 3 is 2.30 bits per heavy atom. The standard InChI is InChI=1S/C17H24O3/c1-11-10-14(17(4,5)16(11,2)3)20-15(19)12-8-6-7-9-13(12)18/h6-9,11,14,18H,10H2,1-5H3. The van der Waals surface area contributed by atoms with Gasteiger partial charge in [0, 0.05) is 5.41 Å². The van der Waals surface area contributed by atoms with Gasteiger partial charge >= 0.3 is 5.97 Å². The van der Waals surface area contributed by atoms with Crippen LogP contribution in [0.2, 0.25) is 0 Å². The Labute approximate surface area is 121 Å². The number of phenolic OH excluding ortho intramolecular Hbond substituents is 1. The van der Waals surface area contributed by atoms with Gasteiger partial charge in [-0.3, -0.25) is 0 Å². The van der Waals surface area contributed by atoms with Crippen LogP contribution in [-0.2, 0) is 4.74 Å². The lowest BCUT2D eigenvalue weighted by molar-refractivity contribution is -0.0204. The highest BCUT2D eigenvalue weighted by molar-refractivity contribution is 5.92. The Morgan fingerprint density at radius 1 is 1.20 bits per heavy atom. The van der Waals surface area contributed by atoms with Gasteiger partial charge in [0.2, 0.25) is 0 Å². The predicted molar refractivity (Wildman–Crippen MR) is 78.7 cm³/mol. The highest BCUT2D eigenvalue weighted by Crippen LogP contribution is 2.56. The average Bonchev–Trinajstić information content (AvgIpc) is 2.50. The summed E-state index contributed by atoms with van der Waals surface area (Å²) in [7, 11) is 0. The van der Waals surface area contributed by atoms with E-state index in [2.05, 4.69) is 34.6 Å². The van der Waals surface area contributed by atoms with E-state index in [4.69, 9.17) is 4.74 Å². The number of hydrogen-bond acceptors (Lipinski definition) is 3. The van der Waals surface area contributed by atoms with Crippen LogP contribution in [0.1, 0.15) is 51.4 Å². The third-order valence-corrected chi connectivity index (χ3v) is 5.64. The number of benzene rings is 1. The summed E-state index contributed by atoms with van der Waals surface area (Å²) in [5, 5.41) is 9.74. The number of carbonyl (C=O) groups is 1. The van der Waals surface area contributed by atoms with E-state index in [0.29, 0.717) is 5.92 Å². The second-order valence-corrected chi connectivity index (χ2v) is 6.99. The molecule has 20 heavy (non-hydrogen) atoms. The molecule has 0 radical (unpaired) electrons. The van der Waals surface area contributed by atoms with Crippen LogP contribution >= 0.6 is 0 Å². The molecule has 2 rings (SSSR count). The van der Waals surface area contributed by atoms with Gasteiger partial charge in [-0.05, 0) is 29.9 Å². The van der Waals surface area contributed by atoms with Crippen LogP contribution in [-0.4, -0.2) is 17.2 Å². The molecule has 0 spiro atoms. The molecule has 0 aromatic heterocycles. The van der Waals surface area contributed by atoms with Crippen molar-refractivity contribution in [2.75, 3.05) is 0 Å². The third-order valence-electron chi connectivity index (χ3n) is 5.64. The molecule has 0 amide bonds. The molecule has 2 unspecified atom stereocenters. The van der Waals surface area contributed by atoms with E-state index < -0.39 is 5.97 Å². The molecule has 0 aliphatic heterocycles. The minimum atomic E-state index is -0.439. The topological polar surface area (TPSA) is 46.5 Å². The monoisotopic (exact) mass is 276 g/mol. The van der Waals surface area contributed by atoms with Gasteiger partial charge in [0.15, 0.2) is 0 Å². The first-order chi connectivity index (χ1) is 9.18. The summed E-state index contributed by atoms with van der Waals surface area (Å²) in [6.07, 6.45) is 0.735. The Kier molecular flexibility index (Phi) is 3.57. The van der Waals surface area contributed by atoms with Gasteiger partial charge in [0.05, 0.1) is 0 Å². The van der Waals surface area contributed by atoms with Crippen LogP contribution < -0.4 is 0 Å². The van der Waals surface area contributed by atoms with E-state index in [-0.39, 0.29) is 28.2 Å². The molecular weight excluding hydrogens is 252 g/mol. The summed E-state index contributed by atoms with van der Waals surface area (Å²) in [5.41, 5.74) is 0.254. The van der Waals surface area contributed by atoms with Crippen LogP contribution in [0, 0.1) is 16.7 Å². The fourth-order valence-electron chi connectivity index (χ4n) is 2.99. The largest absolute Gasteiger partial charge is 0.507 e. The van der Waals surface area contributed by atoms with Gasteiger partial charge in [-0.15, -0.1) is 0 Å². The SMILES string of the molecule is CC1CC(OC(=O)c2ccccc2O)C(C)(C)C1(C)C. The van der Waals surface area contributed by atoms with Crippen LogP contribution in [0.5, 0.6) is 5.75 Å². The van der Waals surface area contributed by atoms with Crippen LogP contribution in [0.15, 0.2) is 24.3 Å². The van der Waals surface area contributed by atoms with Crippen LogP contribution in [0.3, 0.4) is 0 Å². The van der Waals surface area contributed by atoms with E-state index in [1.54, 1.807) is 18.2 Å². The highest BCUT2D eigenvalue weighted by Gasteiger charge is 2.54. The molecule has 1 aliphatic carbocycles. The zero-order valence-corrected chi connectivity index (χ0v) is 12.9. The first-order valence-electron chi connectivity index (χ1n) is 7.17. The first-order valence-corrected chi connectivity index (χ1v) is 7.17. The molecule has 1 aromatic carbocycles. The number of aromatic hydroxyl groups is 1. The van der Waals surface area contributed by atoms with E-state index in [0.717, 1.165) is 6.42 Å². The molecule has 1 N–H and O–H groups in total.